The van der Waals surface area contributed by atoms with E-state index in [0.29, 0.717) is 28.5 Å². The number of hydrogen-bond donors (Lipinski definition) is 1. The SMILES string of the molecule is COc1cc(NC(=O)COc2ccc3c(=O)c(Oc4ccccc4F)coc3c2C)cc(OC)c1. The maximum absolute atomic E-state index is 13.9. The van der Waals surface area contributed by atoms with Gasteiger partial charge in [0.15, 0.2) is 18.2 Å². The summed E-state index contributed by atoms with van der Waals surface area (Å²) in [6.07, 6.45) is 1.12. The van der Waals surface area contributed by atoms with Crippen molar-refractivity contribution in [2.24, 2.45) is 0 Å². The molecule has 9 heteroatoms. The van der Waals surface area contributed by atoms with Gasteiger partial charge in [-0.05, 0) is 31.2 Å². The second kappa shape index (κ2) is 10.2. The molecule has 3 aromatic carbocycles. The van der Waals surface area contributed by atoms with E-state index < -0.39 is 17.2 Å². The maximum Gasteiger partial charge on any atom is 0.262 e. The summed E-state index contributed by atoms with van der Waals surface area (Å²) in [6, 6.07) is 13.8. The fraction of sp³-hybridized carbons (Fsp3) is 0.154. The Bertz CT molecular complexity index is 1430. The molecule has 0 aliphatic rings. The van der Waals surface area contributed by atoms with Gasteiger partial charge in [0.1, 0.15) is 29.1 Å². The van der Waals surface area contributed by atoms with Gasteiger partial charge >= 0.3 is 0 Å². The molecule has 0 saturated carbocycles. The molecule has 1 heterocycles. The topological polar surface area (TPSA) is 96.2 Å². The number of benzene rings is 3. The largest absolute Gasteiger partial charge is 0.497 e. The molecule has 0 fully saturated rings. The van der Waals surface area contributed by atoms with Crippen molar-refractivity contribution in [2.75, 3.05) is 26.1 Å². The first-order valence-electron chi connectivity index (χ1n) is 10.5. The molecule has 1 aromatic heterocycles. The van der Waals surface area contributed by atoms with Crippen molar-refractivity contribution >= 4 is 22.6 Å². The van der Waals surface area contributed by atoms with Crippen LogP contribution in [0.4, 0.5) is 10.1 Å². The standard InChI is InChI=1S/C26H22FNO7/c1-15-21(33-14-24(29)28-16-10-17(31-2)12-18(11-16)32-3)9-8-19-25(30)23(13-34-26(15)19)35-22-7-5-4-6-20(22)27/h4-13H,14H2,1-3H3,(H,28,29). The number of fused-ring (bicyclic) bond motifs is 1. The molecule has 0 spiro atoms. The smallest absolute Gasteiger partial charge is 0.262 e. The highest BCUT2D eigenvalue weighted by Crippen LogP contribution is 2.29. The van der Waals surface area contributed by atoms with Crippen molar-refractivity contribution < 1.29 is 32.5 Å². The molecular weight excluding hydrogens is 457 g/mol. The quantitative estimate of drug-likeness (QED) is 0.377. The number of methoxy groups -OCH3 is 2. The average Bonchev–Trinajstić information content (AvgIpc) is 2.86. The first-order valence-corrected chi connectivity index (χ1v) is 10.5. The van der Waals surface area contributed by atoms with Crippen LogP contribution in [0, 0.1) is 12.7 Å². The third kappa shape index (κ3) is 5.19. The number of amides is 1. The van der Waals surface area contributed by atoms with Gasteiger partial charge in [-0.3, -0.25) is 9.59 Å². The summed E-state index contributed by atoms with van der Waals surface area (Å²) in [6.45, 7) is 1.41. The van der Waals surface area contributed by atoms with Crippen LogP contribution in [0.25, 0.3) is 11.0 Å². The van der Waals surface area contributed by atoms with Crippen LogP contribution in [0.1, 0.15) is 5.56 Å². The fourth-order valence-electron chi connectivity index (χ4n) is 3.40. The summed E-state index contributed by atoms with van der Waals surface area (Å²) in [5.74, 6) is 0.173. The molecule has 0 aliphatic heterocycles. The zero-order chi connectivity index (χ0) is 24.9. The number of aryl methyl sites for hydroxylation is 1. The molecule has 0 atom stereocenters. The molecule has 0 aliphatic carbocycles. The second-order valence-corrected chi connectivity index (χ2v) is 7.47. The van der Waals surface area contributed by atoms with Crippen LogP contribution in [0.5, 0.6) is 28.7 Å². The van der Waals surface area contributed by atoms with Gasteiger partial charge in [0.05, 0.1) is 19.6 Å². The number of hydrogen-bond acceptors (Lipinski definition) is 7. The van der Waals surface area contributed by atoms with E-state index in [4.69, 9.17) is 23.4 Å². The normalized spacial score (nSPS) is 10.6. The van der Waals surface area contributed by atoms with Crippen molar-refractivity contribution in [2.45, 2.75) is 6.92 Å². The minimum Gasteiger partial charge on any atom is -0.497 e. The summed E-state index contributed by atoms with van der Waals surface area (Å²) >= 11 is 0. The Labute approximate surface area is 199 Å². The summed E-state index contributed by atoms with van der Waals surface area (Å²) < 4.78 is 40.9. The molecule has 35 heavy (non-hydrogen) atoms. The molecule has 1 amide bonds. The molecule has 180 valence electrons. The van der Waals surface area contributed by atoms with Crippen molar-refractivity contribution in [3.8, 4) is 28.7 Å². The van der Waals surface area contributed by atoms with Gasteiger partial charge in [-0.15, -0.1) is 0 Å². The van der Waals surface area contributed by atoms with E-state index >= 15 is 0 Å². The lowest BCUT2D eigenvalue weighted by Gasteiger charge is -2.13. The number of anilines is 1. The number of rotatable bonds is 8. The van der Waals surface area contributed by atoms with Crippen molar-refractivity contribution in [1.29, 1.82) is 0 Å². The predicted octanol–water partition coefficient (Wildman–Crippen LogP) is 5.07. The minimum absolute atomic E-state index is 0.0875. The molecular formula is C26H22FNO7. The highest BCUT2D eigenvalue weighted by Gasteiger charge is 2.16. The molecule has 4 rings (SSSR count). The van der Waals surface area contributed by atoms with Crippen molar-refractivity contribution in [1.82, 2.24) is 0 Å². The minimum atomic E-state index is -0.599. The Hall–Kier alpha value is -4.53. The molecule has 0 radical (unpaired) electrons. The Morgan fingerprint density at radius 1 is 0.971 bits per heavy atom. The number of carbonyl (C=O) groups excluding carboxylic acids is 1. The number of nitrogens with one attached hydrogen (secondary N) is 1. The molecule has 0 unspecified atom stereocenters. The third-order valence-electron chi connectivity index (χ3n) is 5.16. The highest BCUT2D eigenvalue weighted by atomic mass is 19.1. The van der Waals surface area contributed by atoms with Crippen LogP contribution >= 0.6 is 0 Å². The summed E-state index contributed by atoms with van der Waals surface area (Å²) in [7, 11) is 3.03. The highest BCUT2D eigenvalue weighted by molar-refractivity contribution is 5.92. The zero-order valence-corrected chi connectivity index (χ0v) is 19.2. The monoisotopic (exact) mass is 479 g/mol. The predicted molar refractivity (Wildman–Crippen MR) is 127 cm³/mol. The molecule has 4 aromatic rings. The van der Waals surface area contributed by atoms with Crippen LogP contribution in [-0.4, -0.2) is 26.7 Å². The van der Waals surface area contributed by atoms with Crippen molar-refractivity contribution in [3.05, 3.63) is 82.5 Å². The first kappa shape index (κ1) is 23.6. The number of para-hydroxylation sites is 1. The first-order chi connectivity index (χ1) is 16.9. The van der Waals surface area contributed by atoms with Gasteiger partial charge in [-0.2, -0.15) is 0 Å². The maximum atomic E-state index is 13.9. The molecule has 8 nitrogen and oxygen atoms in total. The van der Waals surface area contributed by atoms with Gasteiger partial charge in [0.25, 0.3) is 5.91 Å². The second-order valence-electron chi connectivity index (χ2n) is 7.47. The van der Waals surface area contributed by atoms with Gasteiger partial charge in [-0.1, -0.05) is 12.1 Å². The Kier molecular flexibility index (Phi) is 6.86. The van der Waals surface area contributed by atoms with Crippen LogP contribution in [0.15, 0.2) is 70.1 Å². The fourth-order valence-corrected chi connectivity index (χ4v) is 3.40. The average molecular weight is 479 g/mol. The van der Waals surface area contributed by atoms with Crippen LogP contribution in [0.2, 0.25) is 0 Å². The lowest BCUT2D eigenvalue weighted by Crippen LogP contribution is -2.20. The van der Waals surface area contributed by atoms with Crippen LogP contribution < -0.4 is 29.7 Å². The molecule has 0 bridgehead atoms. The summed E-state index contributed by atoms with van der Waals surface area (Å²) in [5.41, 5.74) is 0.812. The number of halogens is 1. The van der Waals surface area contributed by atoms with Gasteiger partial charge in [-0.25, -0.2) is 4.39 Å². The summed E-state index contributed by atoms with van der Waals surface area (Å²) in [4.78, 5) is 25.3. The lowest BCUT2D eigenvalue weighted by atomic mass is 10.1. The van der Waals surface area contributed by atoms with Crippen molar-refractivity contribution in [3.63, 3.8) is 0 Å². The van der Waals surface area contributed by atoms with E-state index in [1.165, 1.54) is 38.5 Å². The molecule has 0 saturated heterocycles. The van der Waals surface area contributed by atoms with E-state index in [0.717, 1.165) is 6.26 Å². The van der Waals surface area contributed by atoms with E-state index in [2.05, 4.69) is 5.32 Å². The van der Waals surface area contributed by atoms with E-state index in [1.807, 2.05) is 0 Å². The van der Waals surface area contributed by atoms with Gasteiger partial charge in [0.2, 0.25) is 11.2 Å². The molecule has 1 N–H and O–H groups in total. The van der Waals surface area contributed by atoms with Crippen LogP contribution in [-0.2, 0) is 4.79 Å². The lowest BCUT2D eigenvalue weighted by molar-refractivity contribution is -0.118. The number of carbonyl (C=O) groups is 1. The Morgan fingerprint density at radius 3 is 2.37 bits per heavy atom. The van der Waals surface area contributed by atoms with Gasteiger partial charge in [0, 0.05) is 29.4 Å². The van der Waals surface area contributed by atoms with E-state index in [9.17, 15) is 14.0 Å². The Balaban J connectivity index is 1.49. The van der Waals surface area contributed by atoms with E-state index in [1.54, 1.807) is 37.3 Å². The van der Waals surface area contributed by atoms with Crippen LogP contribution in [0.3, 0.4) is 0 Å². The van der Waals surface area contributed by atoms with Gasteiger partial charge < -0.3 is 28.7 Å². The summed E-state index contributed by atoms with van der Waals surface area (Å²) in [5, 5.41) is 2.95. The Morgan fingerprint density at radius 2 is 1.69 bits per heavy atom. The number of ether oxygens (including phenoxy) is 4. The third-order valence-corrected chi connectivity index (χ3v) is 5.16. The van der Waals surface area contributed by atoms with E-state index in [-0.39, 0.29) is 29.1 Å². The zero-order valence-electron chi connectivity index (χ0n) is 19.2.